The van der Waals surface area contributed by atoms with Crippen molar-refractivity contribution in [2.24, 2.45) is 17.1 Å². The third-order valence-electron chi connectivity index (χ3n) is 2.59. The predicted molar refractivity (Wildman–Crippen MR) is 48.9 cm³/mol. The van der Waals surface area contributed by atoms with E-state index in [9.17, 15) is 4.79 Å². The van der Waals surface area contributed by atoms with Crippen molar-refractivity contribution in [1.82, 2.24) is 0 Å². The minimum Gasteiger partial charge on any atom is -0.481 e. The summed E-state index contributed by atoms with van der Waals surface area (Å²) in [5.41, 5.74) is 4.80. The van der Waals surface area contributed by atoms with E-state index in [-0.39, 0.29) is 12.5 Å². The van der Waals surface area contributed by atoms with Gasteiger partial charge in [0.2, 0.25) is 0 Å². The van der Waals surface area contributed by atoms with E-state index >= 15 is 0 Å². The van der Waals surface area contributed by atoms with Gasteiger partial charge in [0, 0.05) is 6.54 Å². The van der Waals surface area contributed by atoms with Gasteiger partial charge >= 0.3 is 5.97 Å². The molecule has 0 fully saturated rings. The average Bonchev–Trinajstić information content (AvgIpc) is 1.98. The van der Waals surface area contributed by atoms with Crippen molar-refractivity contribution in [3.8, 4) is 0 Å². The Bertz CT molecular complexity index is 157. The van der Waals surface area contributed by atoms with Crippen LogP contribution in [0.25, 0.3) is 0 Å². The molecule has 1 atom stereocenters. The fourth-order valence-corrected chi connectivity index (χ4v) is 1.51. The quantitative estimate of drug-likeness (QED) is 0.661. The minimum atomic E-state index is -0.762. The molecule has 0 aliphatic rings. The zero-order valence-electron chi connectivity index (χ0n) is 8.13. The molecule has 12 heavy (non-hydrogen) atoms. The Kier molecular flexibility index (Phi) is 4.24. The normalized spacial score (nSPS) is 16.1. The Morgan fingerprint density at radius 2 is 2.08 bits per heavy atom. The maximum Gasteiger partial charge on any atom is 0.311 e. The van der Waals surface area contributed by atoms with Gasteiger partial charge in [-0.3, -0.25) is 4.79 Å². The molecule has 0 bridgehead atoms. The molecule has 0 aromatic heterocycles. The van der Waals surface area contributed by atoms with Crippen LogP contribution in [0, 0.1) is 11.3 Å². The molecular formula is C9H19NO2. The second-order valence-electron chi connectivity index (χ2n) is 3.57. The van der Waals surface area contributed by atoms with Gasteiger partial charge in [-0.1, -0.05) is 27.2 Å². The highest BCUT2D eigenvalue weighted by molar-refractivity contribution is 5.75. The Labute approximate surface area is 74.0 Å². The van der Waals surface area contributed by atoms with E-state index in [1.54, 1.807) is 0 Å². The largest absolute Gasteiger partial charge is 0.481 e. The number of carbonyl (C=O) groups is 1. The highest BCUT2D eigenvalue weighted by atomic mass is 16.4. The fraction of sp³-hybridized carbons (Fsp3) is 0.889. The summed E-state index contributed by atoms with van der Waals surface area (Å²) >= 11 is 0. The first-order valence-corrected chi connectivity index (χ1v) is 4.44. The number of aliphatic carboxylic acids is 1. The van der Waals surface area contributed by atoms with Crippen molar-refractivity contribution in [2.45, 2.75) is 33.6 Å². The van der Waals surface area contributed by atoms with Crippen molar-refractivity contribution in [1.29, 1.82) is 0 Å². The third kappa shape index (κ3) is 1.97. The van der Waals surface area contributed by atoms with Gasteiger partial charge in [-0.2, -0.15) is 0 Å². The van der Waals surface area contributed by atoms with Crippen molar-refractivity contribution in [3.05, 3.63) is 0 Å². The van der Waals surface area contributed by atoms with Crippen LogP contribution in [-0.2, 0) is 4.79 Å². The second kappa shape index (κ2) is 4.45. The Balaban J connectivity index is 4.63. The van der Waals surface area contributed by atoms with Crippen molar-refractivity contribution in [2.75, 3.05) is 6.54 Å². The Hall–Kier alpha value is -0.570. The van der Waals surface area contributed by atoms with Crippen LogP contribution < -0.4 is 5.73 Å². The van der Waals surface area contributed by atoms with Gasteiger partial charge in [-0.05, 0) is 12.3 Å². The molecule has 0 rings (SSSR count). The zero-order valence-corrected chi connectivity index (χ0v) is 8.13. The Morgan fingerprint density at radius 1 is 1.58 bits per heavy atom. The highest BCUT2D eigenvalue weighted by Gasteiger charge is 2.39. The molecule has 0 aliphatic carbocycles. The van der Waals surface area contributed by atoms with Gasteiger partial charge in [0.15, 0.2) is 0 Å². The molecular weight excluding hydrogens is 154 g/mol. The van der Waals surface area contributed by atoms with E-state index in [0.717, 1.165) is 6.42 Å². The van der Waals surface area contributed by atoms with Gasteiger partial charge in [0.05, 0.1) is 5.41 Å². The van der Waals surface area contributed by atoms with Crippen LogP contribution in [0.15, 0.2) is 0 Å². The smallest absolute Gasteiger partial charge is 0.311 e. The van der Waals surface area contributed by atoms with E-state index < -0.39 is 11.4 Å². The lowest BCUT2D eigenvalue weighted by Gasteiger charge is -2.31. The molecule has 0 aromatic rings. The molecule has 0 aromatic carbocycles. The Morgan fingerprint density at radius 3 is 2.17 bits per heavy atom. The van der Waals surface area contributed by atoms with Crippen LogP contribution in [-0.4, -0.2) is 17.6 Å². The van der Waals surface area contributed by atoms with Gasteiger partial charge in [-0.25, -0.2) is 0 Å². The SMILES string of the molecule is CCCC(CN)(C(=O)O)C(C)C. The standard InChI is InChI=1S/C9H19NO2/c1-4-5-9(6-10,7(2)3)8(11)12/h7H,4-6,10H2,1-3H3,(H,11,12). The predicted octanol–water partition coefficient (Wildman–Crippen LogP) is 1.47. The topological polar surface area (TPSA) is 63.3 Å². The van der Waals surface area contributed by atoms with Crippen LogP contribution in [0.5, 0.6) is 0 Å². The number of carboxylic acid groups (broad SMARTS) is 1. The summed E-state index contributed by atoms with van der Waals surface area (Å²) in [5.74, 6) is -0.665. The van der Waals surface area contributed by atoms with Crippen LogP contribution in [0.1, 0.15) is 33.6 Å². The molecule has 3 nitrogen and oxygen atoms in total. The molecule has 0 heterocycles. The maximum atomic E-state index is 11.0. The van der Waals surface area contributed by atoms with Crippen LogP contribution >= 0.6 is 0 Å². The van der Waals surface area contributed by atoms with Gasteiger partial charge in [-0.15, -0.1) is 0 Å². The van der Waals surface area contributed by atoms with Gasteiger partial charge in [0.25, 0.3) is 0 Å². The summed E-state index contributed by atoms with van der Waals surface area (Å²) in [6.45, 7) is 6.04. The molecule has 0 radical (unpaired) electrons. The van der Waals surface area contributed by atoms with E-state index in [1.165, 1.54) is 0 Å². The van der Waals surface area contributed by atoms with E-state index in [4.69, 9.17) is 10.8 Å². The number of nitrogens with two attached hydrogens (primary N) is 1. The first kappa shape index (κ1) is 11.4. The van der Waals surface area contributed by atoms with Crippen LogP contribution in [0.4, 0.5) is 0 Å². The average molecular weight is 173 g/mol. The molecule has 3 heteroatoms. The maximum absolute atomic E-state index is 11.0. The van der Waals surface area contributed by atoms with Crippen molar-refractivity contribution in [3.63, 3.8) is 0 Å². The first-order chi connectivity index (χ1) is 5.51. The highest BCUT2D eigenvalue weighted by Crippen LogP contribution is 2.31. The summed E-state index contributed by atoms with van der Waals surface area (Å²) < 4.78 is 0. The summed E-state index contributed by atoms with van der Waals surface area (Å²) in [6, 6.07) is 0. The van der Waals surface area contributed by atoms with Crippen molar-refractivity contribution < 1.29 is 9.90 Å². The molecule has 0 spiro atoms. The molecule has 0 saturated heterocycles. The molecule has 3 N–H and O–H groups in total. The summed E-state index contributed by atoms with van der Waals surface area (Å²) in [4.78, 5) is 11.0. The lowest BCUT2D eigenvalue weighted by atomic mass is 9.74. The van der Waals surface area contributed by atoms with Crippen LogP contribution in [0.3, 0.4) is 0 Å². The summed E-state index contributed by atoms with van der Waals surface area (Å²) in [7, 11) is 0. The van der Waals surface area contributed by atoms with Gasteiger partial charge < -0.3 is 10.8 Å². The molecule has 0 aliphatic heterocycles. The molecule has 0 saturated carbocycles. The first-order valence-electron chi connectivity index (χ1n) is 4.44. The number of carboxylic acids is 1. The number of hydrogen-bond acceptors (Lipinski definition) is 2. The summed E-state index contributed by atoms with van der Waals surface area (Å²) in [5, 5.41) is 9.05. The number of rotatable bonds is 5. The molecule has 1 unspecified atom stereocenters. The molecule has 72 valence electrons. The van der Waals surface area contributed by atoms with E-state index in [0.29, 0.717) is 6.42 Å². The molecule has 0 amide bonds. The monoisotopic (exact) mass is 173 g/mol. The van der Waals surface area contributed by atoms with Crippen molar-refractivity contribution >= 4 is 5.97 Å². The minimum absolute atomic E-state index is 0.0972. The fourth-order valence-electron chi connectivity index (χ4n) is 1.51. The van der Waals surface area contributed by atoms with E-state index in [2.05, 4.69) is 0 Å². The van der Waals surface area contributed by atoms with Gasteiger partial charge in [0.1, 0.15) is 0 Å². The second-order valence-corrected chi connectivity index (χ2v) is 3.57. The lowest BCUT2D eigenvalue weighted by Crippen LogP contribution is -2.42. The lowest BCUT2D eigenvalue weighted by molar-refractivity contribution is -0.151. The summed E-state index contributed by atoms with van der Waals surface area (Å²) in [6.07, 6.45) is 1.53. The number of hydrogen-bond donors (Lipinski definition) is 2. The zero-order chi connectivity index (χ0) is 9.78. The third-order valence-corrected chi connectivity index (χ3v) is 2.59. The van der Waals surface area contributed by atoms with E-state index in [1.807, 2.05) is 20.8 Å². The van der Waals surface area contributed by atoms with Crippen LogP contribution in [0.2, 0.25) is 0 Å².